The number of hydrogen-bond donors (Lipinski definition) is 1. The van der Waals surface area contributed by atoms with Gasteiger partial charge in [0.05, 0.1) is 13.2 Å². The van der Waals surface area contributed by atoms with Gasteiger partial charge in [-0.05, 0) is 30.9 Å². The van der Waals surface area contributed by atoms with Crippen LogP contribution in [0.4, 0.5) is 0 Å². The number of nitrogens with two attached hydrogens (primary N) is 1. The molecule has 0 aromatic carbocycles. The van der Waals surface area contributed by atoms with Gasteiger partial charge < -0.3 is 14.9 Å². The SMILES string of the molecule is COC(=O)c1ccc(C(N)CCC2CCCC2)o1. The van der Waals surface area contributed by atoms with Gasteiger partial charge in [-0.15, -0.1) is 0 Å². The first kappa shape index (κ1) is 13.1. The minimum absolute atomic E-state index is 0.121. The molecule has 1 aliphatic rings. The van der Waals surface area contributed by atoms with Crippen LogP contribution >= 0.6 is 0 Å². The Hall–Kier alpha value is -1.29. The van der Waals surface area contributed by atoms with E-state index < -0.39 is 5.97 Å². The molecule has 2 N–H and O–H groups in total. The Kier molecular flexibility index (Phi) is 4.42. The lowest BCUT2D eigenvalue weighted by atomic mass is 9.98. The molecule has 2 rings (SSSR count). The summed E-state index contributed by atoms with van der Waals surface area (Å²) in [5, 5.41) is 0. The zero-order valence-corrected chi connectivity index (χ0v) is 10.9. The van der Waals surface area contributed by atoms with Crippen molar-refractivity contribution in [1.29, 1.82) is 0 Å². The lowest BCUT2D eigenvalue weighted by molar-refractivity contribution is 0.0562. The highest BCUT2D eigenvalue weighted by Gasteiger charge is 2.19. The van der Waals surface area contributed by atoms with E-state index in [4.69, 9.17) is 10.2 Å². The number of furan rings is 1. The Bertz CT molecular complexity index is 393. The van der Waals surface area contributed by atoms with Crippen LogP contribution in [0, 0.1) is 5.92 Å². The number of ether oxygens (including phenoxy) is 1. The molecule has 1 fully saturated rings. The van der Waals surface area contributed by atoms with E-state index in [0.717, 1.165) is 18.8 Å². The largest absolute Gasteiger partial charge is 0.463 e. The molecule has 1 unspecified atom stereocenters. The third kappa shape index (κ3) is 3.13. The number of carbonyl (C=O) groups is 1. The quantitative estimate of drug-likeness (QED) is 0.817. The van der Waals surface area contributed by atoms with Crippen molar-refractivity contribution in [1.82, 2.24) is 0 Å². The van der Waals surface area contributed by atoms with Crippen LogP contribution in [0.15, 0.2) is 16.5 Å². The maximum atomic E-state index is 11.3. The monoisotopic (exact) mass is 251 g/mol. The van der Waals surface area contributed by atoms with Crippen LogP contribution in [-0.4, -0.2) is 13.1 Å². The van der Waals surface area contributed by atoms with Crippen molar-refractivity contribution in [2.75, 3.05) is 7.11 Å². The molecule has 1 atom stereocenters. The maximum Gasteiger partial charge on any atom is 0.373 e. The number of methoxy groups -OCH3 is 1. The van der Waals surface area contributed by atoms with Gasteiger partial charge in [-0.3, -0.25) is 0 Å². The molecule has 0 saturated heterocycles. The van der Waals surface area contributed by atoms with Gasteiger partial charge in [0.15, 0.2) is 0 Å². The van der Waals surface area contributed by atoms with Crippen LogP contribution in [0.3, 0.4) is 0 Å². The average Bonchev–Trinajstić information content (AvgIpc) is 3.05. The van der Waals surface area contributed by atoms with Crippen LogP contribution < -0.4 is 5.73 Å². The van der Waals surface area contributed by atoms with E-state index in [-0.39, 0.29) is 11.8 Å². The predicted octanol–water partition coefficient (Wildman–Crippen LogP) is 3.04. The molecular formula is C14H21NO3. The minimum atomic E-state index is -0.454. The summed E-state index contributed by atoms with van der Waals surface area (Å²) < 4.78 is 10.0. The minimum Gasteiger partial charge on any atom is -0.463 e. The Morgan fingerprint density at radius 1 is 1.50 bits per heavy atom. The van der Waals surface area contributed by atoms with E-state index in [0.29, 0.717) is 5.76 Å². The molecule has 0 amide bonds. The molecule has 100 valence electrons. The van der Waals surface area contributed by atoms with Gasteiger partial charge in [-0.25, -0.2) is 4.79 Å². The van der Waals surface area contributed by atoms with Crippen molar-refractivity contribution in [3.05, 3.63) is 23.7 Å². The maximum absolute atomic E-state index is 11.3. The van der Waals surface area contributed by atoms with E-state index in [2.05, 4.69) is 4.74 Å². The molecule has 1 aliphatic carbocycles. The molecule has 0 aliphatic heterocycles. The van der Waals surface area contributed by atoms with Crippen LogP contribution in [0.25, 0.3) is 0 Å². The van der Waals surface area contributed by atoms with Crippen molar-refractivity contribution in [2.45, 2.75) is 44.6 Å². The molecule has 1 heterocycles. The van der Waals surface area contributed by atoms with E-state index >= 15 is 0 Å². The molecule has 0 radical (unpaired) electrons. The third-order valence-corrected chi connectivity index (χ3v) is 3.74. The van der Waals surface area contributed by atoms with Crippen LogP contribution in [-0.2, 0) is 4.74 Å². The molecular weight excluding hydrogens is 230 g/mol. The standard InChI is InChI=1S/C14H21NO3/c1-17-14(16)13-9-8-12(18-13)11(15)7-6-10-4-2-3-5-10/h8-11H,2-7,15H2,1H3. The number of hydrogen-bond acceptors (Lipinski definition) is 4. The summed E-state index contributed by atoms with van der Waals surface area (Å²) in [4.78, 5) is 11.3. The van der Waals surface area contributed by atoms with Gasteiger partial charge in [0.25, 0.3) is 0 Å². The molecule has 1 saturated carbocycles. The van der Waals surface area contributed by atoms with Crippen LogP contribution in [0.1, 0.15) is 60.9 Å². The summed E-state index contributed by atoms with van der Waals surface area (Å²) in [6.07, 6.45) is 7.44. The smallest absolute Gasteiger partial charge is 0.373 e. The summed E-state index contributed by atoms with van der Waals surface area (Å²) >= 11 is 0. The van der Waals surface area contributed by atoms with Crippen molar-refractivity contribution < 1.29 is 13.9 Å². The zero-order chi connectivity index (χ0) is 13.0. The summed E-state index contributed by atoms with van der Waals surface area (Å²) in [5.74, 6) is 1.27. The first-order valence-corrected chi connectivity index (χ1v) is 6.64. The Morgan fingerprint density at radius 2 is 2.22 bits per heavy atom. The summed E-state index contributed by atoms with van der Waals surface area (Å²) in [5.41, 5.74) is 6.08. The molecule has 1 aromatic heterocycles. The lowest BCUT2D eigenvalue weighted by Gasteiger charge is -2.12. The van der Waals surface area contributed by atoms with Gasteiger partial charge in [-0.2, -0.15) is 0 Å². The molecule has 4 nitrogen and oxygen atoms in total. The van der Waals surface area contributed by atoms with Gasteiger partial charge in [0.2, 0.25) is 5.76 Å². The molecule has 0 spiro atoms. The van der Waals surface area contributed by atoms with E-state index in [1.807, 2.05) is 0 Å². The zero-order valence-electron chi connectivity index (χ0n) is 10.9. The van der Waals surface area contributed by atoms with Crippen molar-refractivity contribution in [2.24, 2.45) is 11.7 Å². The average molecular weight is 251 g/mol. The highest BCUT2D eigenvalue weighted by molar-refractivity contribution is 5.86. The van der Waals surface area contributed by atoms with Gasteiger partial charge in [-0.1, -0.05) is 25.7 Å². The fraction of sp³-hybridized carbons (Fsp3) is 0.643. The highest BCUT2D eigenvalue weighted by atomic mass is 16.5. The first-order chi connectivity index (χ1) is 8.70. The van der Waals surface area contributed by atoms with E-state index in [1.165, 1.54) is 32.8 Å². The number of carbonyl (C=O) groups excluding carboxylic acids is 1. The fourth-order valence-electron chi connectivity index (χ4n) is 2.62. The highest BCUT2D eigenvalue weighted by Crippen LogP contribution is 2.31. The predicted molar refractivity (Wildman–Crippen MR) is 68.2 cm³/mol. The first-order valence-electron chi connectivity index (χ1n) is 6.64. The summed E-state index contributed by atoms with van der Waals surface area (Å²) in [6, 6.07) is 3.27. The topological polar surface area (TPSA) is 65.5 Å². The van der Waals surface area contributed by atoms with Crippen molar-refractivity contribution >= 4 is 5.97 Å². The van der Waals surface area contributed by atoms with E-state index in [9.17, 15) is 4.79 Å². The van der Waals surface area contributed by atoms with Gasteiger partial charge >= 0.3 is 5.97 Å². The molecule has 0 bridgehead atoms. The van der Waals surface area contributed by atoms with Gasteiger partial charge in [0.1, 0.15) is 5.76 Å². The Balaban J connectivity index is 1.85. The number of rotatable bonds is 5. The second kappa shape index (κ2) is 6.05. The molecule has 4 heteroatoms. The second-order valence-corrected chi connectivity index (χ2v) is 5.03. The van der Waals surface area contributed by atoms with E-state index in [1.54, 1.807) is 12.1 Å². The Morgan fingerprint density at radius 3 is 2.89 bits per heavy atom. The molecule has 18 heavy (non-hydrogen) atoms. The Labute approximate surface area is 107 Å². The normalized spacial score (nSPS) is 17.9. The summed E-state index contributed by atoms with van der Waals surface area (Å²) in [6.45, 7) is 0. The summed E-state index contributed by atoms with van der Waals surface area (Å²) in [7, 11) is 1.34. The van der Waals surface area contributed by atoms with Gasteiger partial charge in [0, 0.05) is 0 Å². The number of esters is 1. The van der Waals surface area contributed by atoms with Crippen molar-refractivity contribution in [3.8, 4) is 0 Å². The third-order valence-electron chi connectivity index (χ3n) is 3.74. The second-order valence-electron chi connectivity index (χ2n) is 5.03. The van der Waals surface area contributed by atoms with Crippen LogP contribution in [0.5, 0.6) is 0 Å². The molecule has 1 aromatic rings. The fourth-order valence-corrected chi connectivity index (χ4v) is 2.62. The van der Waals surface area contributed by atoms with Crippen LogP contribution in [0.2, 0.25) is 0 Å². The lowest BCUT2D eigenvalue weighted by Crippen LogP contribution is -2.11. The van der Waals surface area contributed by atoms with Crippen molar-refractivity contribution in [3.63, 3.8) is 0 Å².